The number of benzene rings is 1. The van der Waals surface area contributed by atoms with E-state index in [4.69, 9.17) is 21.1 Å². The molecule has 0 spiro atoms. The van der Waals surface area contributed by atoms with Gasteiger partial charge in [0.25, 0.3) is 0 Å². The van der Waals surface area contributed by atoms with Crippen LogP contribution in [-0.4, -0.2) is 94.3 Å². The summed E-state index contributed by atoms with van der Waals surface area (Å²) in [5.41, 5.74) is -0.253. The molecule has 3 amide bonds. The van der Waals surface area contributed by atoms with Gasteiger partial charge in [0.05, 0.1) is 35.4 Å². The van der Waals surface area contributed by atoms with Crippen LogP contribution in [0.2, 0.25) is 5.02 Å². The Hall–Kier alpha value is -3.39. The first-order valence-electron chi connectivity index (χ1n) is 17.6. The van der Waals surface area contributed by atoms with E-state index in [0.29, 0.717) is 30.4 Å². The number of allylic oxidation sites excluding steroid dienone is 3. The van der Waals surface area contributed by atoms with Crippen LogP contribution in [0.15, 0.2) is 35.9 Å². The third-order valence-electron chi connectivity index (χ3n) is 10.8. The minimum absolute atomic E-state index is 0.0817. The van der Waals surface area contributed by atoms with Crippen molar-refractivity contribution in [3.63, 3.8) is 0 Å². The Morgan fingerprint density at radius 3 is 2.58 bits per heavy atom. The van der Waals surface area contributed by atoms with Gasteiger partial charge in [0.15, 0.2) is 5.72 Å². The summed E-state index contributed by atoms with van der Waals surface area (Å²) in [6, 6.07) is 2.58. The van der Waals surface area contributed by atoms with Crippen LogP contribution in [0.1, 0.15) is 71.9 Å². The van der Waals surface area contributed by atoms with Crippen LogP contribution in [-0.2, 0) is 41.7 Å². The van der Waals surface area contributed by atoms with E-state index in [1.807, 2.05) is 34.6 Å². The van der Waals surface area contributed by atoms with Gasteiger partial charge in [0, 0.05) is 25.9 Å². The van der Waals surface area contributed by atoms with Crippen molar-refractivity contribution in [1.82, 2.24) is 10.2 Å². The number of hydrogen-bond acceptors (Lipinski definition) is 10. The Morgan fingerprint density at radius 2 is 1.94 bits per heavy atom. The molecule has 4 rings (SSSR count). The number of fused-ring (bicyclic) bond motifs is 5. The van der Waals surface area contributed by atoms with Crippen LogP contribution in [0, 0.1) is 23.2 Å². The van der Waals surface area contributed by atoms with Gasteiger partial charge in [0.2, 0.25) is 11.8 Å². The maximum atomic E-state index is 14.1. The number of likely N-dealkylation sites (N-methyl/N-ethyl adjacent to an activating group) is 1. The molecule has 286 valence electrons. The lowest BCUT2D eigenvalue weighted by molar-refractivity contribution is -0.162. The number of esters is 1. The Morgan fingerprint density at radius 1 is 1.25 bits per heavy atom. The molecule has 2 aliphatic heterocycles. The standard InChI is InChI=1S/C38H52ClN3O9S/c1-21(2)52-20-33(46)41(7)24(5)35(47)51-31-15-32(45)42(8)29-14-25(13-26(18-43)34(29)39)12-22(3)10-9-11-27(19-44)38(49)17-30(50-36(48)40-38)23(4)28-16-37(28,31)6/h9-11,13-14,19,21,23-24,27-28,30-31,43,49H,12,15-18,20H2,1-8H3,(H,40,48)/b11-9+,22-10+. The average molecular weight is 762 g/mol. The van der Waals surface area contributed by atoms with Crippen molar-refractivity contribution < 1.29 is 43.7 Å². The summed E-state index contributed by atoms with van der Waals surface area (Å²) in [5.74, 6) is -2.77. The molecule has 12 nitrogen and oxygen atoms in total. The molecule has 3 N–H and O–H groups in total. The molecule has 0 aromatic heterocycles. The molecule has 1 aliphatic carbocycles. The molecular weight excluding hydrogens is 710 g/mol. The smallest absolute Gasteiger partial charge is 0.409 e. The van der Waals surface area contributed by atoms with Crippen LogP contribution in [0.5, 0.6) is 0 Å². The van der Waals surface area contributed by atoms with Crippen molar-refractivity contribution in [1.29, 1.82) is 0 Å². The third kappa shape index (κ3) is 9.21. The summed E-state index contributed by atoms with van der Waals surface area (Å²) < 4.78 is 11.8. The number of aliphatic hydroxyl groups is 2. The van der Waals surface area contributed by atoms with E-state index in [9.17, 15) is 34.2 Å². The van der Waals surface area contributed by atoms with Crippen molar-refractivity contribution in [2.45, 2.75) is 103 Å². The molecule has 0 radical (unpaired) electrons. The summed E-state index contributed by atoms with van der Waals surface area (Å²) >= 11 is 8.19. The maximum absolute atomic E-state index is 14.1. The molecule has 8 unspecified atom stereocenters. The number of alkyl carbamates (subject to hydrolysis) is 1. The number of nitrogens with one attached hydrogen (secondary N) is 1. The molecule has 14 heteroatoms. The van der Waals surface area contributed by atoms with Crippen molar-refractivity contribution >= 4 is 59.2 Å². The van der Waals surface area contributed by atoms with E-state index in [1.54, 1.807) is 45.3 Å². The highest BCUT2D eigenvalue weighted by molar-refractivity contribution is 8.00. The molecule has 4 bridgehead atoms. The first-order valence-corrected chi connectivity index (χ1v) is 19.0. The van der Waals surface area contributed by atoms with E-state index < -0.39 is 53.3 Å². The average Bonchev–Trinajstić information content (AvgIpc) is 3.79. The topological polar surface area (TPSA) is 163 Å². The van der Waals surface area contributed by atoms with Crippen molar-refractivity contribution in [2.75, 3.05) is 24.7 Å². The number of hydrogen-bond donors (Lipinski definition) is 3. The highest BCUT2D eigenvalue weighted by Gasteiger charge is 2.62. The molecule has 2 fully saturated rings. The van der Waals surface area contributed by atoms with Gasteiger partial charge in [-0.15, -0.1) is 11.8 Å². The first-order chi connectivity index (χ1) is 24.3. The van der Waals surface area contributed by atoms with Gasteiger partial charge in [0.1, 0.15) is 24.5 Å². The molecule has 1 aromatic rings. The predicted octanol–water partition coefficient (Wildman–Crippen LogP) is 4.81. The summed E-state index contributed by atoms with van der Waals surface area (Å²) in [6.07, 6.45) is 3.52. The summed E-state index contributed by atoms with van der Waals surface area (Å²) in [6.45, 7) is 10.8. The molecule has 3 aliphatic rings. The second kappa shape index (κ2) is 16.7. The zero-order valence-electron chi connectivity index (χ0n) is 31.2. The second-order valence-electron chi connectivity index (χ2n) is 15.0. The predicted molar refractivity (Wildman–Crippen MR) is 200 cm³/mol. The minimum atomic E-state index is -1.92. The molecular formula is C38H52ClN3O9S. The van der Waals surface area contributed by atoms with E-state index in [1.165, 1.54) is 27.6 Å². The quantitative estimate of drug-likeness (QED) is 0.248. The minimum Gasteiger partial charge on any atom is -0.460 e. The van der Waals surface area contributed by atoms with E-state index in [-0.39, 0.29) is 53.2 Å². The van der Waals surface area contributed by atoms with E-state index in [0.717, 1.165) is 11.1 Å². The molecule has 2 heterocycles. The van der Waals surface area contributed by atoms with E-state index in [2.05, 4.69) is 5.32 Å². The van der Waals surface area contributed by atoms with Crippen LogP contribution < -0.4 is 10.2 Å². The van der Waals surface area contributed by atoms with Crippen LogP contribution in [0.25, 0.3) is 0 Å². The van der Waals surface area contributed by atoms with Gasteiger partial charge in [-0.2, -0.15) is 0 Å². The monoisotopic (exact) mass is 761 g/mol. The number of ether oxygens (including phenoxy) is 2. The van der Waals surface area contributed by atoms with Gasteiger partial charge < -0.3 is 34.3 Å². The Labute approximate surface area is 315 Å². The van der Waals surface area contributed by atoms with Gasteiger partial charge in [-0.25, -0.2) is 9.59 Å². The van der Waals surface area contributed by atoms with E-state index >= 15 is 0 Å². The Kier molecular flexibility index (Phi) is 13.3. The molecule has 8 atom stereocenters. The highest BCUT2D eigenvalue weighted by atomic mass is 35.5. The number of rotatable bonds is 8. The summed E-state index contributed by atoms with van der Waals surface area (Å²) in [7, 11) is 3.12. The number of aliphatic hydroxyl groups excluding tert-OH is 1. The molecule has 1 saturated carbocycles. The van der Waals surface area contributed by atoms with Crippen molar-refractivity contribution in [3.05, 3.63) is 52.1 Å². The Bertz CT molecular complexity index is 1620. The first kappa shape index (κ1) is 41.4. The fourth-order valence-electron chi connectivity index (χ4n) is 7.11. The zero-order valence-corrected chi connectivity index (χ0v) is 32.8. The third-order valence-corrected chi connectivity index (χ3v) is 12.4. The maximum Gasteiger partial charge on any atom is 0.409 e. The van der Waals surface area contributed by atoms with Gasteiger partial charge in [-0.1, -0.05) is 69.2 Å². The SMILES string of the molecule is C/C1=C\C=C\C(C=O)C2(O)CC(OC(=O)N2)C(C)C2CC2(C)C(OC(=O)C(C)N(C)C(=O)CSC(C)C)CC(=O)N(C)c2cc(cc(CO)c2Cl)C1. The largest absolute Gasteiger partial charge is 0.460 e. The van der Waals surface area contributed by atoms with Crippen molar-refractivity contribution in [2.24, 2.45) is 23.2 Å². The number of amides is 3. The number of anilines is 1. The summed E-state index contributed by atoms with van der Waals surface area (Å²) in [4.78, 5) is 68.6. The highest BCUT2D eigenvalue weighted by Crippen LogP contribution is 2.61. The normalized spacial score (nSPS) is 31.7. The molecule has 1 aromatic carbocycles. The van der Waals surface area contributed by atoms with Crippen LogP contribution >= 0.6 is 23.4 Å². The fraction of sp³-hybridized carbons (Fsp3) is 0.605. The lowest BCUT2D eigenvalue weighted by Gasteiger charge is -2.41. The lowest BCUT2D eigenvalue weighted by Crippen LogP contribution is -2.61. The number of nitrogens with zero attached hydrogens (tertiary/aromatic N) is 2. The number of carbonyl (C=O) groups is 5. The van der Waals surface area contributed by atoms with Crippen molar-refractivity contribution in [3.8, 4) is 0 Å². The summed E-state index contributed by atoms with van der Waals surface area (Å²) in [5, 5.41) is 24.7. The fourth-order valence-corrected chi connectivity index (χ4v) is 8.08. The van der Waals surface area contributed by atoms with Crippen LogP contribution in [0.3, 0.4) is 0 Å². The molecule has 52 heavy (non-hydrogen) atoms. The number of aldehydes is 1. The lowest BCUT2D eigenvalue weighted by atomic mass is 9.82. The zero-order chi connectivity index (χ0) is 38.7. The Balaban J connectivity index is 1.75. The second-order valence-corrected chi connectivity index (χ2v) is 16.9. The van der Waals surface area contributed by atoms with Gasteiger partial charge in [-0.05, 0) is 61.0 Å². The van der Waals surface area contributed by atoms with Gasteiger partial charge in [-0.3, -0.25) is 14.9 Å². The van der Waals surface area contributed by atoms with Crippen LogP contribution in [0.4, 0.5) is 10.5 Å². The number of halogens is 1. The van der Waals surface area contributed by atoms with Gasteiger partial charge >= 0.3 is 12.1 Å². The number of thioether (sulfide) groups is 1. The molecule has 1 saturated heterocycles. The number of carbonyl (C=O) groups excluding carboxylic acids is 5.